The van der Waals surface area contributed by atoms with Crippen molar-refractivity contribution in [1.29, 1.82) is 0 Å². The maximum atomic E-state index is 12.8. The first-order valence-corrected chi connectivity index (χ1v) is 8.87. The Bertz CT molecular complexity index is 1160. The normalized spacial score (nSPS) is 10.8. The van der Waals surface area contributed by atoms with Gasteiger partial charge in [0.25, 0.3) is 0 Å². The Morgan fingerprint density at radius 2 is 0.964 bits per heavy atom. The van der Waals surface area contributed by atoms with Gasteiger partial charge in [0.15, 0.2) is 0 Å². The molecule has 0 saturated heterocycles. The molecule has 4 aromatic rings. The topological polar surface area (TPSA) is 69.8 Å². The molecule has 0 bridgehead atoms. The molecule has 0 N–H and O–H groups in total. The average Bonchev–Trinajstić information content (AvgIpc) is 2.70. The van der Waals surface area contributed by atoms with Gasteiger partial charge in [-0.05, 0) is 26.0 Å². The van der Waals surface area contributed by atoms with Gasteiger partial charge in [0.1, 0.15) is 0 Å². The third-order valence-electron chi connectivity index (χ3n) is 4.49. The van der Waals surface area contributed by atoms with Gasteiger partial charge in [0, 0.05) is 22.5 Å². The zero-order valence-electron chi connectivity index (χ0n) is 15.5. The summed E-state index contributed by atoms with van der Waals surface area (Å²) in [4.78, 5) is 33.8. The van der Waals surface area contributed by atoms with Crippen LogP contribution in [0.3, 0.4) is 0 Å². The van der Waals surface area contributed by atoms with Crippen molar-refractivity contribution in [2.24, 2.45) is 0 Å². The van der Waals surface area contributed by atoms with Crippen LogP contribution in [0.4, 0.5) is 0 Å². The number of hydrogen-bond donors (Lipinski definition) is 0. The molecule has 2 aromatic carbocycles. The summed E-state index contributed by atoms with van der Waals surface area (Å²) in [6.07, 6.45) is 0. The van der Waals surface area contributed by atoms with E-state index in [1.54, 1.807) is 26.0 Å². The molecule has 0 fully saturated rings. The van der Waals surface area contributed by atoms with E-state index in [9.17, 15) is 9.59 Å². The maximum absolute atomic E-state index is 12.8. The van der Waals surface area contributed by atoms with Crippen molar-refractivity contribution in [3.8, 4) is 22.5 Å². The van der Waals surface area contributed by atoms with Crippen LogP contribution >= 0.6 is 0 Å². The molecule has 0 saturated carbocycles. The van der Waals surface area contributed by atoms with Gasteiger partial charge in [0.05, 0.1) is 11.4 Å². The Kier molecular flexibility index (Phi) is 4.45. The fourth-order valence-electron chi connectivity index (χ4n) is 3.19. The van der Waals surface area contributed by atoms with E-state index in [-0.39, 0.29) is 0 Å². The van der Waals surface area contributed by atoms with Gasteiger partial charge < -0.3 is 0 Å². The first kappa shape index (κ1) is 17.6. The molecule has 0 unspecified atom stereocenters. The number of aromatic nitrogens is 4. The molecule has 0 radical (unpaired) electrons. The molecule has 6 nitrogen and oxygen atoms in total. The molecule has 0 atom stereocenters. The van der Waals surface area contributed by atoms with Gasteiger partial charge in [-0.25, -0.2) is 9.59 Å². The zero-order chi connectivity index (χ0) is 19.7. The molecule has 28 heavy (non-hydrogen) atoms. The van der Waals surface area contributed by atoms with Crippen molar-refractivity contribution in [2.45, 2.75) is 13.8 Å². The van der Waals surface area contributed by atoms with Crippen molar-refractivity contribution < 1.29 is 0 Å². The van der Waals surface area contributed by atoms with E-state index in [4.69, 9.17) is 0 Å². The van der Waals surface area contributed by atoms with E-state index in [1.807, 2.05) is 60.7 Å². The molecule has 2 heterocycles. The fourth-order valence-corrected chi connectivity index (χ4v) is 3.19. The minimum atomic E-state index is -0.529. The first-order valence-electron chi connectivity index (χ1n) is 8.87. The number of benzene rings is 2. The van der Waals surface area contributed by atoms with Crippen molar-refractivity contribution in [1.82, 2.24) is 19.3 Å². The van der Waals surface area contributed by atoms with Gasteiger partial charge in [0.2, 0.25) is 0 Å². The first-order chi connectivity index (χ1) is 13.5. The third kappa shape index (κ3) is 3.16. The van der Waals surface area contributed by atoms with Gasteiger partial charge in [-0.3, -0.25) is 0 Å². The number of hydrogen-bond acceptors (Lipinski definition) is 4. The van der Waals surface area contributed by atoms with Gasteiger partial charge in [-0.1, -0.05) is 60.7 Å². The Morgan fingerprint density at radius 3 is 1.29 bits per heavy atom. The van der Waals surface area contributed by atoms with Crippen LogP contribution in [0.1, 0.15) is 11.4 Å². The molecule has 0 aliphatic rings. The quantitative estimate of drug-likeness (QED) is 0.556. The third-order valence-corrected chi connectivity index (χ3v) is 4.49. The Balaban J connectivity index is 1.86. The van der Waals surface area contributed by atoms with Gasteiger partial charge in [-0.15, -0.1) is 0 Å². The second-order valence-electron chi connectivity index (χ2n) is 6.49. The van der Waals surface area contributed by atoms with Crippen LogP contribution in [0.15, 0.2) is 82.4 Å². The molecule has 0 aliphatic heterocycles. The highest BCUT2D eigenvalue weighted by Gasteiger charge is 2.14. The molecule has 6 heteroatoms. The van der Waals surface area contributed by atoms with Gasteiger partial charge >= 0.3 is 11.4 Å². The predicted octanol–water partition coefficient (Wildman–Crippen LogP) is 3.06. The van der Waals surface area contributed by atoms with Crippen molar-refractivity contribution in [3.05, 3.63) is 105 Å². The lowest BCUT2D eigenvalue weighted by molar-refractivity contribution is 0.541. The summed E-state index contributed by atoms with van der Waals surface area (Å²) in [5, 5.41) is 0. The monoisotopic (exact) mass is 370 g/mol. The molecular formula is C22H18N4O2. The highest BCUT2D eigenvalue weighted by Crippen LogP contribution is 2.17. The summed E-state index contributed by atoms with van der Waals surface area (Å²) in [6, 6.07) is 22.5. The summed E-state index contributed by atoms with van der Waals surface area (Å²) in [5.74, 6) is 0. The lowest BCUT2D eigenvalue weighted by atomic mass is 10.1. The van der Waals surface area contributed by atoms with Crippen LogP contribution in [0, 0.1) is 13.8 Å². The summed E-state index contributed by atoms with van der Waals surface area (Å²) < 4.78 is 2.51. The van der Waals surface area contributed by atoms with Crippen LogP contribution < -0.4 is 11.4 Å². The Hall–Kier alpha value is -3.80. The van der Waals surface area contributed by atoms with E-state index in [2.05, 4.69) is 9.97 Å². The van der Waals surface area contributed by atoms with Crippen molar-refractivity contribution >= 4 is 0 Å². The van der Waals surface area contributed by atoms with Crippen molar-refractivity contribution in [3.63, 3.8) is 0 Å². The second-order valence-corrected chi connectivity index (χ2v) is 6.49. The van der Waals surface area contributed by atoms with E-state index >= 15 is 0 Å². The Morgan fingerprint density at radius 1 is 0.607 bits per heavy atom. The lowest BCUT2D eigenvalue weighted by Crippen LogP contribution is -2.40. The van der Waals surface area contributed by atoms with E-state index in [0.717, 1.165) is 11.1 Å². The fraction of sp³-hybridized carbons (Fsp3) is 0.0909. The molecule has 2 aromatic heterocycles. The summed E-state index contributed by atoms with van der Waals surface area (Å²) >= 11 is 0. The minimum Gasteiger partial charge on any atom is -0.244 e. The average molecular weight is 370 g/mol. The van der Waals surface area contributed by atoms with E-state index in [1.165, 1.54) is 9.35 Å². The number of nitrogens with zero attached hydrogens (tertiary/aromatic N) is 4. The zero-order valence-corrected chi connectivity index (χ0v) is 15.5. The summed E-state index contributed by atoms with van der Waals surface area (Å²) in [6.45, 7) is 3.54. The highest BCUT2D eigenvalue weighted by atomic mass is 16.2. The molecule has 138 valence electrons. The Labute approximate surface area is 161 Å². The SMILES string of the molecule is Cc1cc(-c2ccccc2)nc(=O)n1-n1c(C)cc(-c2ccccc2)nc1=O. The van der Waals surface area contributed by atoms with E-state index < -0.39 is 11.4 Å². The lowest BCUT2D eigenvalue weighted by Gasteiger charge is -2.16. The standard InChI is InChI=1S/C22H18N4O2/c1-15-13-19(17-9-5-3-6-10-17)23-21(27)25(15)26-16(2)14-20(24-22(26)28)18-11-7-4-8-12-18/h3-14H,1-2H3. The van der Waals surface area contributed by atoms with Crippen LogP contribution in [0.2, 0.25) is 0 Å². The molecule has 0 amide bonds. The minimum absolute atomic E-state index is 0.529. The number of rotatable bonds is 3. The van der Waals surface area contributed by atoms with E-state index in [0.29, 0.717) is 22.8 Å². The largest absolute Gasteiger partial charge is 0.367 e. The van der Waals surface area contributed by atoms with Gasteiger partial charge in [-0.2, -0.15) is 19.3 Å². The molecule has 0 spiro atoms. The van der Waals surface area contributed by atoms with Crippen LogP contribution in [-0.2, 0) is 0 Å². The smallest absolute Gasteiger partial charge is 0.244 e. The predicted molar refractivity (Wildman–Crippen MR) is 108 cm³/mol. The molecule has 4 rings (SSSR count). The maximum Gasteiger partial charge on any atom is 0.367 e. The van der Waals surface area contributed by atoms with Crippen LogP contribution in [0.25, 0.3) is 22.5 Å². The van der Waals surface area contributed by atoms with Crippen LogP contribution in [-0.4, -0.2) is 19.3 Å². The highest BCUT2D eigenvalue weighted by molar-refractivity contribution is 5.59. The molecular weight excluding hydrogens is 352 g/mol. The second kappa shape index (κ2) is 7.08. The number of aryl methyl sites for hydroxylation is 2. The van der Waals surface area contributed by atoms with Crippen molar-refractivity contribution in [2.75, 3.05) is 0 Å². The van der Waals surface area contributed by atoms with Crippen LogP contribution in [0.5, 0.6) is 0 Å². The summed E-state index contributed by atoms with van der Waals surface area (Å²) in [5.41, 5.74) is 2.96. The summed E-state index contributed by atoms with van der Waals surface area (Å²) in [7, 11) is 0. The molecule has 0 aliphatic carbocycles.